The summed E-state index contributed by atoms with van der Waals surface area (Å²) < 4.78 is 28.9. The van der Waals surface area contributed by atoms with Crippen molar-refractivity contribution in [2.75, 3.05) is 0 Å². The standard InChI is InChI=1S/C13H18O5/c1-6-7-8-9(16-12(2,3)15-8)10-11(14-7)18-13(4,5)17-10/h1,7-11H,2-5H3/t7-,8+,9+,10-,11-/m0/s1. The highest BCUT2D eigenvalue weighted by Crippen LogP contribution is 2.43. The Labute approximate surface area is 107 Å². The van der Waals surface area contributed by atoms with Crippen molar-refractivity contribution in [1.82, 2.24) is 0 Å². The van der Waals surface area contributed by atoms with E-state index in [1.165, 1.54) is 0 Å². The minimum atomic E-state index is -0.695. The van der Waals surface area contributed by atoms with Gasteiger partial charge in [-0.1, -0.05) is 5.92 Å². The number of hydrogen-bond donors (Lipinski definition) is 0. The third kappa shape index (κ3) is 1.85. The maximum absolute atomic E-state index is 5.89. The van der Waals surface area contributed by atoms with Crippen LogP contribution >= 0.6 is 0 Å². The van der Waals surface area contributed by atoms with E-state index in [0.717, 1.165) is 0 Å². The SMILES string of the molecule is C#C[C@@H]1O[C@H]2OC(C)(C)O[C@H]2[C@@H]2OC(C)(C)O[C@@H]21. The molecule has 5 heteroatoms. The minimum absolute atomic E-state index is 0.262. The van der Waals surface area contributed by atoms with Crippen molar-refractivity contribution in [1.29, 1.82) is 0 Å². The van der Waals surface area contributed by atoms with Crippen LogP contribution in [-0.2, 0) is 23.7 Å². The zero-order valence-electron chi connectivity index (χ0n) is 11.0. The van der Waals surface area contributed by atoms with E-state index in [9.17, 15) is 0 Å². The number of terminal acetylenes is 1. The van der Waals surface area contributed by atoms with Crippen LogP contribution in [0.4, 0.5) is 0 Å². The molecule has 0 radical (unpaired) electrons. The second kappa shape index (κ2) is 3.69. The number of ether oxygens (including phenoxy) is 5. The van der Waals surface area contributed by atoms with Gasteiger partial charge in [0.05, 0.1) is 0 Å². The Kier molecular flexibility index (Phi) is 2.54. The van der Waals surface area contributed by atoms with Crippen molar-refractivity contribution in [2.45, 2.75) is 70.0 Å². The molecule has 3 rings (SSSR count). The van der Waals surface area contributed by atoms with Gasteiger partial charge in [-0.3, -0.25) is 0 Å². The molecule has 3 aliphatic heterocycles. The Hall–Kier alpha value is -0.640. The molecule has 0 aromatic rings. The molecule has 0 saturated carbocycles. The first kappa shape index (κ1) is 12.4. The minimum Gasteiger partial charge on any atom is -0.341 e. The van der Waals surface area contributed by atoms with Crippen LogP contribution in [0.25, 0.3) is 0 Å². The topological polar surface area (TPSA) is 46.2 Å². The van der Waals surface area contributed by atoms with Crippen LogP contribution in [0.5, 0.6) is 0 Å². The molecule has 0 unspecified atom stereocenters. The molecular weight excluding hydrogens is 236 g/mol. The van der Waals surface area contributed by atoms with E-state index in [2.05, 4.69) is 5.92 Å². The first-order valence-corrected chi connectivity index (χ1v) is 6.14. The summed E-state index contributed by atoms with van der Waals surface area (Å²) in [5.74, 6) is 1.21. The highest BCUT2D eigenvalue weighted by atomic mass is 16.9. The maximum Gasteiger partial charge on any atom is 0.191 e. The summed E-state index contributed by atoms with van der Waals surface area (Å²) >= 11 is 0. The highest BCUT2D eigenvalue weighted by Gasteiger charge is 2.60. The molecule has 0 bridgehead atoms. The van der Waals surface area contributed by atoms with Gasteiger partial charge in [0.1, 0.15) is 24.4 Å². The van der Waals surface area contributed by atoms with Gasteiger partial charge in [-0.15, -0.1) is 6.42 Å². The molecule has 3 fully saturated rings. The molecule has 0 aromatic heterocycles. The van der Waals surface area contributed by atoms with E-state index in [1.807, 2.05) is 27.7 Å². The lowest BCUT2D eigenvalue weighted by molar-refractivity contribution is -0.220. The van der Waals surface area contributed by atoms with E-state index >= 15 is 0 Å². The number of hydrogen-bond acceptors (Lipinski definition) is 5. The highest BCUT2D eigenvalue weighted by molar-refractivity contribution is 5.10. The van der Waals surface area contributed by atoms with Crippen LogP contribution in [-0.4, -0.2) is 42.3 Å². The van der Waals surface area contributed by atoms with Crippen molar-refractivity contribution < 1.29 is 23.7 Å². The van der Waals surface area contributed by atoms with Gasteiger partial charge < -0.3 is 23.7 Å². The predicted octanol–water partition coefficient (Wildman–Crippen LogP) is 1.02. The van der Waals surface area contributed by atoms with Gasteiger partial charge in [0.25, 0.3) is 0 Å². The molecule has 0 aromatic carbocycles. The van der Waals surface area contributed by atoms with Gasteiger partial charge in [0, 0.05) is 0 Å². The van der Waals surface area contributed by atoms with E-state index in [1.54, 1.807) is 0 Å². The van der Waals surface area contributed by atoms with Gasteiger partial charge in [-0.25, -0.2) is 0 Å². The van der Waals surface area contributed by atoms with Crippen molar-refractivity contribution in [3.8, 4) is 12.3 Å². The van der Waals surface area contributed by atoms with Gasteiger partial charge >= 0.3 is 0 Å². The molecule has 3 heterocycles. The molecule has 3 saturated heterocycles. The summed E-state index contributed by atoms with van der Waals surface area (Å²) in [6, 6.07) is 0. The van der Waals surface area contributed by atoms with E-state index < -0.39 is 24.0 Å². The summed E-state index contributed by atoms with van der Waals surface area (Å²) in [7, 11) is 0. The van der Waals surface area contributed by atoms with Crippen LogP contribution in [0.15, 0.2) is 0 Å². The molecule has 5 nitrogen and oxygen atoms in total. The molecule has 100 valence electrons. The first-order valence-electron chi connectivity index (χ1n) is 6.14. The largest absolute Gasteiger partial charge is 0.341 e. The molecule has 5 atom stereocenters. The third-order valence-electron chi connectivity index (χ3n) is 3.32. The van der Waals surface area contributed by atoms with Gasteiger partial charge in [-0.2, -0.15) is 0 Å². The van der Waals surface area contributed by atoms with Crippen molar-refractivity contribution in [3.63, 3.8) is 0 Å². The predicted molar refractivity (Wildman–Crippen MR) is 61.4 cm³/mol. The smallest absolute Gasteiger partial charge is 0.191 e. The second-order valence-corrected chi connectivity index (χ2v) is 5.76. The van der Waals surface area contributed by atoms with Crippen LogP contribution in [0, 0.1) is 12.3 Å². The van der Waals surface area contributed by atoms with Crippen molar-refractivity contribution in [2.24, 2.45) is 0 Å². The lowest BCUT2D eigenvalue weighted by Crippen LogP contribution is -2.54. The Bertz CT molecular complexity index is 397. The number of fused-ring (bicyclic) bond motifs is 3. The van der Waals surface area contributed by atoms with E-state index in [-0.39, 0.29) is 18.3 Å². The Morgan fingerprint density at radius 1 is 0.833 bits per heavy atom. The first-order chi connectivity index (χ1) is 8.31. The maximum atomic E-state index is 5.89. The van der Waals surface area contributed by atoms with Gasteiger partial charge in [0.15, 0.2) is 17.9 Å². The summed E-state index contributed by atoms with van der Waals surface area (Å²) in [5, 5.41) is 0. The Morgan fingerprint density at radius 3 is 2.06 bits per heavy atom. The van der Waals surface area contributed by atoms with Crippen LogP contribution in [0.1, 0.15) is 27.7 Å². The summed E-state index contributed by atoms with van der Waals surface area (Å²) in [6.07, 6.45) is 3.63. The monoisotopic (exact) mass is 254 g/mol. The lowest BCUT2D eigenvalue weighted by atomic mass is 9.99. The second-order valence-electron chi connectivity index (χ2n) is 5.76. The van der Waals surface area contributed by atoms with Crippen LogP contribution < -0.4 is 0 Å². The molecule has 0 amide bonds. The average Bonchev–Trinajstić information content (AvgIpc) is 2.71. The lowest BCUT2D eigenvalue weighted by Gasteiger charge is -2.34. The summed E-state index contributed by atoms with van der Waals surface area (Å²) in [4.78, 5) is 0. The normalized spacial score (nSPS) is 48.3. The molecule has 18 heavy (non-hydrogen) atoms. The molecule has 0 spiro atoms. The fourth-order valence-corrected chi connectivity index (χ4v) is 2.75. The molecular formula is C13H18O5. The molecule has 0 N–H and O–H groups in total. The zero-order chi connectivity index (χ0) is 13.1. The number of rotatable bonds is 0. The summed E-state index contributed by atoms with van der Waals surface area (Å²) in [5.41, 5.74) is 0. The van der Waals surface area contributed by atoms with Crippen molar-refractivity contribution >= 4 is 0 Å². The fraction of sp³-hybridized carbons (Fsp3) is 0.846. The quantitative estimate of drug-likeness (QED) is 0.604. The zero-order valence-corrected chi connectivity index (χ0v) is 11.0. The Morgan fingerprint density at radius 2 is 1.39 bits per heavy atom. The van der Waals surface area contributed by atoms with Gasteiger partial charge in [-0.05, 0) is 27.7 Å². The molecule has 3 aliphatic rings. The van der Waals surface area contributed by atoms with Crippen molar-refractivity contribution in [3.05, 3.63) is 0 Å². The van der Waals surface area contributed by atoms with Crippen LogP contribution in [0.2, 0.25) is 0 Å². The van der Waals surface area contributed by atoms with E-state index in [0.29, 0.717) is 0 Å². The van der Waals surface area contributed by atoms with Crippen LogP contribution in [0.3, 0.4) is 0 Å². The average molecular weight is 254 g/mol. The fourth-order valence-electron chi connectivity index (χ4n) is 2.75. The Balaban J connectivity index is 1.89. The van der Waals surface area contributed by atoms with Gasteiger partial charge in [0.2, 0.25) is 0 Å². The van der Waals surface area contributed by atoms with E-state index in [4.69, 9.17) is 30.1 Å². The third-order valence-corrected chi connectivity index (χ3v) is 3.32. The molecule has 0 aliphatic carbocycles. The summed E-state index contributed by atoms with van der Waals surface area (Å²) in [6.45, 7) is 7.40.